The molecule has 134 valence electrons. The summed E-state index contributed by atoms with van der Waals surface area (Å²) in [6.07, 6.45) is 3.30. The van der Waals surface area contributed by atoms with Crippen molar-refractivity contribution in [3.63, 3.8) is 0 Å². The molecule has 2 aromatic carbocycles. The van der Waals surface area contributed by atoms with Crippen LogP contribution in [0.25, 0.3) is 16.7 Å². The van der Waals surface area contributed by atoms with Gasteiger partial charge in [0.25, 0.3) is 5.65 Å². The van der Waals surface area contributed by atoms with Crippen molar-refractivity contribution in [3.05, 3.63) is 71.2 Å². The summed E-state index contributed by atoms with van der Waals surface area (Å²) < 4.78 is 7.94. The summed E-state index contributed by atoms with van der Waals surface area (Å²) in [4.78, 5) is 4.47. The molecule has 0 aliphatic rings. The van der Waals surface area contributed by atoms with Crippen molar-refractivity contribution < 1.29 is 9.30 Å². The van der Waals surface area contributed by atoms with E-state index in [-0.39, 0.29) is 0 Å². The maximum absolute atomic E-state index is 9.12. The monoisotopic (exact) mass is 367 g/mol. The number of aromatic nitrogens is 4. The Morgan fingerprint density at radius 3 is 2.32 bits per heavy atom. The van der Waals surface area contributed by atoms with Crippen LogP contribution in [0.2, 0.25) is 0 Å². The van der Waals surface area contributed by atoms with Crippen LogP contribution in [0, 0.1) is 36.5 Å². The smallest absolute Gasteiger partial charge is 0.311 e. The molecule has 0 saturated heterocycles. The highest BCUT2D eigenvalue weighted by atomic mass is 16.5. The van der Waals surface area contributed by atoms with E-state index in [9.17, 15) is 0 Å². The summed E-state index contributed by atoms with van der Waals surface area (Å²) in [5.41, 5.74) is 4.47. The highest BCUT2D eigenvalue weighted by Crippen LogP contribution is 2.31. The van der Waals surface area contributed by atoms with E-state index in [1.165, 1.54) is 0 Å². The lowest BCUT2D eigenvalue weighted by molar-refractivity contribution is -0.573. The minimum Gasteiger partial charge on any atom is -0.425 e. The SMILES string of the molecule is Cc1cc(C#N)cc(C)c1Oc1nc[n+](-c2ccc(C#N)cc2)c2[nH]ncc12. The molecule has 0 atom stereocenters. The van der Waals surface area contributed by atoms with E-state index in [1.54, 1.807) is 36.8 Å². The molecule has 2 heterocycles. The molecule has 4 rings (SSSR count). The lowest BCUT2D eigenvalue weighted by Crippen LogP contribution is -2.32. The van der Waals surface area contributed by atoms with Crippen LogP contribution >= 0.6 is 0 Å². The van der Waals surface area contributed by atoms with Crippen LogP contribution < -0.4 is 9.30 Å². The first-order valence-corrected chi connectivity index (χ1v) is 8.54. The molecule has 4 aromatic rings. The van der Waals surface area contributed by atoms with Gasteiger partial charge in [0.15, 0.2) is 5.39 Å². The number of nitrogens with zero attached hydrogens (tertiary/aromatic N) is 5. The lowest BCUT2D eigenvalue weighted by atomic mass is 10.1. The first-order chi connectivity index (χ1) is 13.6. The molecule has 0 radical (unpaired) electrons. The van der Waals surface area contributed by atoms with E-state index in [1.807, 2.05) is 30.5 Å². The highest BCUT2D eigenvalue weighted by Gasteiger charge is 2.20. The minimum atomic E-state index is 0.421. The zero-order chi connectivity index (χ0) is 19.7. The average molecular weight is 367 g/mol. The number of hydrogen-bond acceptors (Lipinski definition) is 5. The van der Waals surface area contributed by atoms with Crippen molar-refractivity contribution >= 4 is 11.0 Å². The molecule has 7 heteroatoms. The van der Waals surface area contributed by atoms with Gasteiger partial charge in [-0.05, 0) is 61.4 Å². The maximum atomic E-state index is 9.12. The van der Waals surface area contributed by atoms with Gasteiger partial charge in [-0.1, -0.05) is 4.98 Å². The van der Waals surface area contributed by atoms with Crippen molar-refractivity contribution in [2.75, 3.05) is 0 Å². The van der Waals surface area contributed by atoms with Gasteiger partial charge in [0.1, 0.15) is 11.4 Å². The Kier molecular flexibility index (Phi) is 4.19. The molecule has 0 aliphatic heterocycles. The van der Waals surface area contributed by atoms with Crippen molar-refractivity contribution in [1.82, 2.24) is 15.2 Å². The molecule has 1 N–H and O–H groups in total. The molecule has 2 aromatic heterocycles. The van der Waals surface area contributed by atoms with Gasteiger partial charge < -0.3 is 4.74 Å². The van der Waals surface area contributed by atoms with Crippen LogP contribution in [0.4, 0.5) is 0 Å². The fraction of sp³-hybridized carbons (Fsp3) is 0.0952. The van der Waals surface area contributed by atoms with Crippen LogP contribution in [0.1, 0.15) is 22.3 Å². The van der Waals surface area contributed by atoms with Gasteiger partial charge in [0.2, 0.25) is 6.33 Å². The molecule has 0 unspecified atom stereocenters. The zero-order valence-corrected chi connectivity index (χ0v) is 15.3. The number of fused-ring (bicyclic) bond motifs is 1. The third kappa shape index (κ3) is 2.91. The number of H-pyrrole nitrogens is 1. The van der Waals surface area contributed by atoms with Gasteiger partial charge in [-0.15, -0.1) is 5.10 Å². The van der Waals surface area contributed by atoms with Gasteiger partial charge >= 0.3 is 5.88 Å². The van der Waals surface area contributed by atoms with E-state index in [2.05, 4.69) is 27.3 Å². The quantitative estimate of drug-likeness (QED) is 0.559. The summed E-state index contributed by atoms with van der Waals surface area (Å²) in [5.74, 6) is 1.09. The zero-order valence-electron chi connectivity index (χ0n) is 15.3. The molecule has 0 fully saturated rings. The van der Waals surface area contributed by atoms with Gasteiger partial charge in [0.05, 0.1) is 29.5 Å². The molecule has 7 nitrogen and oxygen atoms in total. The third-order valence-electron chi connectivity index (χ3n) is 4.44. The molecule has 0 spiro atoms. The van der Waals surface area contributed by atoms with E-state index >= 15 is 0 Å². The van der Waals surface area contributed by atoms with Crippen LogP contribution in [-0.4, -0.2) is 15.2 Å². The van der Waals surface area contributed by atoms with Gasteiger partial charge in [0, 0.05) is 0 Å². The largest absolute Gasteiger partial charge is 0.425 e. The first kappa shape index (κ1) is 17.2. The van der Waals surface area contributed by atoms with Crippen LogP contribution in [0.15, 0.2) is 48.9 Å². The number of aromatic amines is 1. The topological polar surface area (TPSA) is 102 Å². The standard InChI is InChI=1S/C21H14N6O/c1-13-7-16(10-23)8-14(2)19(13)28-21-18-11-25-26-20(18)27(12-24-21)17-5-3-15(9-22)4-6-17/h3-8,11-12H,1-2H3/p+1. The van der Waals surface area contributed by atoms with Crippen molar-refractivity contribution in [3.8, 4) is 29.5 Å². The van der Waals surface area contributed by atoms with Crippen molar-refractivity contribution in [1.29, 1.82) is 10.5 Å². The van der Waals surface area contributed by atoms with Crippen LogP contribution in [0.3, 0.4) is 0 Å². The number of nitriles is 2. The predicted octanol–water partition coefficient (Wildman–Crippen LogP) is 3.39. The molecular weight excluding hydrogens is 352 g/mol. The third-order valence-corrected chi connectivity index (χ3v) is 4.44. The van der Waals surface area contributed by atoms with Gasteiger partial charge in [-0.25, -0.2) is 4.57 Å². The summed E-state index contributed by atoms with van der Waals surface area (Å²) in [7, 11) is 0. The Morgan fingerprint density at radius 2 is 1.68 bits per heavy atom. The first-order valence-electron chi connectivity index (χ1n) is 8.54. The predicted molar refractivity (Wildman–Crippen MR) is 101 cm³/mol. The average Bonchev–Trinajstić information content (AvgIpc) is 3.21. The lowest BCUT2D eigenvalue weighted by Gasteiger charge is -2.11. The Hall–Kier alpha value is -4.23. The fourth-order valence-electron chi connectivity index (χ4n) is 3.10. The Bertz CT molecular complexity index is 1250. The number of benzene rings is 2. The van der Waals surface area contributed by atoms with E-state index in [4.69, 9.17) is 15.3 Å². The van der Waals surface area contributed by atoms with Crippen molar-refractivity contribution in [2.24, 2.45) is 0 Å². The molecular formula is C21H15N6O+. The van der Waals surface area contributed by atoms with Crippen LogP contribution in [0.5, 0.6) is 11.6 Å². The molecule has 28 heavy (non-hydrogen) atoms. The molecule has 0 aliphatic carbocycles. The van der Waals surface area contributed by atoms with E-state index in [0.29, 0.717) is 22.8 Å². The number of aryl methyl sites for hydroxylation is 2. The second-order valence-electron chi connectivity index (χ2n) is 6.36. The van der Waals surface area contributed by atoms with Crippen molar-refractivity contribution in [2.45, 2.75) is 13.8 Å². The van der Waals surface area contributed by atoms with E-state index < -0.39 is 0 Å². The highest BCUT2D eigenvalue weighted by molar-refractivity contribution is 5.77. The maximum Gasteiger partial charge on any atom is 0.311 e. The number of ether oxygens (including phenoxy) is 1. The van der Waals surface area contributed by atoms with Crippen LogP contribution in [-0.2, 0) is 0 Å². The molecule has 0 saturated carbocycles. The fourth-order valence-corrected chi connectivity index (χ4v) is 3.10. The number of rotatable bonds is 3. The second kappa shape index (κ2) is 6.82. The number of hydrogen-bond donors (Lipinski definition) is 1. The Morgan fingerprint density at radius 1 is 1.00 bits per heavy atom. The molecule has 0 amide bonds. The summed E-state index contributed by atoms with van der Waals surface area (Å²) in [5, 5.41) is 25.9. The number of nitrogens with one attached hydrogen (secondary N) is 1. The van der Waals surface area contributed by atoms with E-state index in [0.717, 1.165) is 27.8 Å². The molecule has 0 bridgehead atoms. The summed E-state index contributed by atoms with van der Waals surface area (Å²) in [6, 6.07) is 15.0. The summed E-state index contributed by atoms with van der Waals surface area (Å²) in [6.45, 7) is 3.80. The Balaban J connectivity index is 1.78. The Labute approximate surface area is 161 Å². The minimum absolute atomic E-state index is 0.421. The van der Waals surface area contributed by atoms with Gasteiger partial charge in [-0.3, -0.25) is 0 Å². The summed E-state index contributed by atoms with van der Waals surface area (Å²) >= 11 is 0. The van der Waals surface area contributed by atoms with Gasteiger partial charge in [-0.2, -0.15) is 15.6 Å². The second-order valence-corrected chi connectivity index (χ2v) is 6.36. The normalized spacial score (nSPS) is 10.4.